The number of amides is 3. The normalized spacial score (nSPS) is 11.9. The summed E-state index contributed by atoms with van der Waals surface area (Å²) >= 11 is 0. The Labute approximate surface area is 134 Å². The third-order valence-electron chi connectivity index (χ3n) is 2.83. The second-order valence-corrected chi connectivity index (χ2v) is 7.12. The Morgan fingerprint density at radius 3 is 2.52 bits per heavy atom. The lowest BCUT2D eigenvalue weighted by atomic mass is 10.2. The summed E-state index contributed by atoms with van der Waals surface area (Å²) in [6.45, 7) is 1.52. The summed E-state index contributed by atoms with van der Waals surface area (Å²) in [6, 6.07) is 6.72. The summed E-state index contributed by atoms with van der Waals surface area (Å²) in [5.74, 6) is -1.30. The van der Waals surface area contributed by atoms with Gasteiger partial charge in [-0.1, -0.05) is 18.2 Å². The number of rotatable bonds is 6. The van der Waals surface area contributed by atoms with Gasteiger partial charge in [-0.2, -0.15) is 5.26 Å². The van der Waals surface area contributed by atoms with Gasteiger partial charge in [0.1, 0.15) is 22.4 Å². The summed E-state index contributed by atoms with van der Waals surface area (Å²) in [5.41, 5.74) is 1.36. The van der Waals surface area contributed by atoms with Crippen LogP contribution in [0.5, 0.6) is 0 Å². The molecule has 0 bridgehead atoms. The number of nitriles is 1. The number of benzene rings is 1. The molecule has 0 saturated carbocycles. The Morgan fingerprint density at radius 1 is 1.30 bits per heavy atom. The number of urea groups is 1. The van der Waals surface area contributed by atoms with E-state index in [4.69, 9.17) is 5.26 Å². The van der Waals surface area contributed by atoms with E-state index in [1.54, 1.807) is 37.3 Å². The van der Waals surface area contributed by atoms with Crippen molar-refractivity contribution in [2.45, 2.75) is 13.0 Å². The zero-order valence-electron chi connectivity index (χ0n) is 12.8. The number of hydrogen-bond donors (Lipinski definition) is 3. The highest BCUT2D eigenvalue weighted by molar-refractivity contribution is 7.90. The molecule has 0 spiro atoms. The highest BCUT2D eigenvalue weighted by Gasteiger charge is 2.25. The number of nitrogens with zero attached hydrogens (tertiary/aromatic N) is 1. The number of para-hydroxylation sites is 1. The molecule has 0 aliphatic rings. The molecule has 1 rings (SSSR count). The van der Waals surface area contributed by atoms with Crippen molar-refractivity contribution in [3.05, 3.63) is 29.8 Å². The number of carbonyl (C=O) groups excluding carboxylic acids is 2. The number of sulfone groups is 1. The van der Waals surface area contributed by atoms with Crippen molar-refractivity contribution >= 4 is 27.5 Å². The summed E-state index contributed by atoms with van der Waals surface area (Å²) in [6.07, 6.45) is 0.957. The third-order valence-corrected chi connectivity index (χ3v) is 3.77. The number of carbonyl (C=O) groups is 2. The van der Waals surface area contributed by atoms with E-state index >= 15 is 0 Å². The average Bonchev–Trinajstić information content (AvgIpc) is 2.45. The van der Waals surface area contributed by atoms with E-state index in [1.807, 2.05) is 0 Å². The maximum Gasteiger partial charge on any atom is 0.319 e. The van der Waals surface area contributed by atoms with Crippen LogP contribution >= 0.6 is 0 Å². The fourth-order valence-corrected chi connectivity index (χ4v) is 2.61. The van der Waals surface area contributed by atoms with E-state index in [0.29, 0.717) is 5.69 Å². The molecule has 0 radical (unpaired) electrons. The molecule has 0 heterocycles. The van der Waals surface area contributed by atoms with E-state index in [0.717, 1.165) is 11.8 Å². The van der Waals surface area contributed by atoms with Crippen LogP contribution in [0, 0.1) is 18.3 Å². The van der Waals surface area contributed by atoms with Crippen LogP contribution in [-0.2, 0) is 14.6 Å². The van der Waals surface area contributed by atoms with Gasteiger partial charge in [0.2, 0.25) is 5.91 Å². The summed E-state index contributed by atoms with van der Waals surface area (Å²) < 4.78 is 22.8. The fraction of sp³-hybridized carbons (Fsp3) is 0.357. The molecule has 124 valence electrons. The van der Waals surface area contributed by atoms with Gasteiger partial charge >= 0.3 is 6.03 Å². The minimum atomic E-state index is -3.51. The number of anilines is 1. The maximum atomic E-state index is 12.0. The lowest BCUT2D eigenvalue weighted by Crippen LogP contribution is -2.51. The average molecular weight is 338 g/mol. The van der Waals surface area contributed by atoms with Crippen LogP contribution in [-0.4, -0.2) is 45.0 Å². The van der Waals surface area contributed by atoms with Crippen molar-refractivity contribution in [1.82, 2.24) is 10.6 Å². The predicted octanol–water partition coefficient (Wildman–Crippen LogP) is 0.170. The van der Waals surface area contributed by atoms with Crippen LogP contribution < -0.4 is 16.0 Å². The lowest BCUT2D eigenvalue weighted by Gasteiger charge is -2.17. The van der Waals surface area contributed by atoms with Crippen LogP contribution in [0.3, 0.4) is 0 Å². The molecule has 8 nitrogen and oxygen atoms in total. The van der Waals surface area contributed by atoms with Crippen LogP contribution in [0.4, 0.5) is 10.5 Å². The van der Waals surface area contributed by atoms with Gasteiger partial charge < -0.3 is 16.0 Å². The minimum Gasteiger partial charge on any atom is -0.341 e. The van der Waals surface area contributed by atoms with E-state index in [1.165, 1.54) is 0 Å². The Morgan fingerprint density at radius 2 is 1.96 bits per heavy atom. The molecule has 0 aliphatic carbocycles. The molecule has 0 saturated heterocycles. The van der Waals surface area contributed by atoms with Gasteiger partial charge in [-0.05, 0) is 18.6 Å². The maximum absolute atomic E-state index is 12.0. The molecule has 9 heteroatoms. The highest BCUT2D eigenvalue weighted by Crippen LogP contribution is 2.12. The second-order valence-electron chi connectivity index (χ2n) is 4.93. The molecule has 1 aromatic rings. The topological polar surface area (TPSA) is 128 Å². The number of aryl methyl sites for hydroxylation is 1. The Kier molecular flexibility index (Phi) is 6.53. The molecular weight excluding hydrogens is 320 g/mol. The van der Waals surface area contributed by atoms with Gasteiger partial charge in [0.25, 0.3) is 0 Å². The van der Waals surface area contributed by atoms with Crippen LogP contribution in [0.1, 0.15) is 5.56 Å². The Bertz CT molecular complexity index is 725. The van der Waals surface area contributed by atoms with Gasteiger partial charge in [-0.3, -0.25) is 4.79 Å². The monoisotopic (exact) mass is 338 g/mol. The van der Waals surface area contributed by atoms with Crippen LogP contribution in [0.15, 0.2) is 24.3 Å². The van der Waals surface area contributed by atoms with Crippen molar-refractivity contribution in [3.8, 4) is 6.07 Å². The lowest BCUT2D eigenvalue weighted by molar-refractivity contribution is -0.122. The van der Waals surface area contributed by atoms with Crippen LogP contribution in [0.25, 0.3) is 0 Å². The first-order valence-corrected chi connectivity index (χ1v) is 8.74. The quantitative estimate of drug-likeness (QED) is 0.637. The fourth-order valence-electron chi connectivity index (χ4n) is 1.77. The molecule has 23 heavy (non-hydrogen) atoms. The van der Waals surface area contributed by atoms with Crippen LogP contribution in [0.2, 0.25) is 0 Å². The SMILES string of the molecule is Cc1ccccc1NC(=O)NC(CS(C)(=O)=O)C(=O)NCC#N. The van der Waals surface area contributed by atoms with Crippen molar-refractivity contribution in [1.29, 1.82) is 5.26 Å². The molecule has 3 N–H and O–H groups in total. The highest BCUT2D eigenvalue weighted by atomic mass is 32.2. The Balaban J connectivity index is 2.79. The summed E-state index contributed by atoms with van der Waals surface area (Å²) in [4.78, 5) is 23.8. The van der Waals surface area contributed by atoms with Crippen molar-refractivity contribution in [2.24, 2.45) is 0 Å². The molecular formula is C14H18N4O4S. The minimum absolute atomic E-state index is 0.278. The molecule has 0 aliphatic heterocycles. The molecule has 0 fully saturated rings. The smallest absolute Gasteiger partial charge is 0.319 e. The van der Waals surface area contributed by atoms with Gasteiger partial charge in [0.05, 0.1) is 11.8 Å². The molecule has 1 aromatic carbocycles. The van der Waals surface area contributed by atoms with Crippen molar-refractivity contribution in [3.63, 3.8) is 0 Å². The second kappa shape index (κ2) is 8.14. The van der Waals surface area contributed by atoms with Crippen molar-refractivity contribution < 1.29 is 18.0 Å². The molecule has 3 amide bonds. The predicted molar refractivity (Wildman–Crippen MR) is 85.5 cm³/mol. The van der Waals surface area contributed by atoms with Gasteiger partial charge in [0.15, 0.2) is 0 Å². The van der Waals surface area contributed by atoms with Gasteiger partial charge in [-0.25, -0.2) is 13.2 Å². The van der Waals surface area contributed by atoms with Gasteiger partial charge in [-0.15, -0.1) is 0 Å². The standard InChI is InChI=1S/C14H18N4O4S/c1-10-5-3-4-6-11(10)17-14(20)18-12(9-23(2,21)22)13(19)16-8-7-15/h3-6,12H,8-9H2,1-2H3,(H,16,19)(H2,17,18,20). The first kappa shape index (κ1) is 18.4. The van der Waals surface area contributed by atoms with E-state index in [-0.39, 0.29) is 6.54 Å². The molecule has 1 atom stereocenters. The van der Waals surface area contributed by atoms with Crippen molar-refractivity contribution in [2.75, 3.05) is 23.9 Å². The van der Waals surface area contributed by atoms with E-state index in [2.05, 4.69) is 16.0 Å². The Hall–Kier alpha value is -2.60. The molecule has 1 unspecified atom stereocenters. The third kappa shape index (κ3) is 6.80. The van der Waals surface area contributed by atoms with E-state index < -0.39 is 33.6 Å². The summed E-state index contributed by atoms with van der Waals surface area (Å²) in [7, 11) is -3.51. The zero-order chi connectivity index (χ0) is 17.5. The number of hydrogen-bond acceptors (Lipinski definition) is 5. The summed E-state index contributed by atoms with van der Waals surface area (Å²) in [5, 5.41) is 15.5. The first-order chi connectivity index (χ1) is 10.7. The number of nitrogens with one attached hydrogen (secondary N) is 3. The first-order valence-electron chi connectivity index (χ1n) is 6.68. The zero-order valence-corrected chi connectivity index (χ0v) is 13.6. The van der Waals surface area contributed by atoms with E-state index in [9.17, 15) is 18.0 Å². The van der Waals surface area contributed by atoms with Gasteiger partial charge in [0, 0.05) is 11.9 Å². The largest absolute Gasteiger partial charge is 0.341 e. The molecule has 0 aromatic heterocycles.